The fourth-order valence-electron chi connectivity index (χ4n) is 1.45. The molecule has 0 aliphatic rings. The Morgan fingerprint density at radius 1 is 1.53 bits per heavy atom. The van der Waals surface area contributed by atoms with Crippen LogP contribution in [0.25, 0.3) is 0 Å². The van der Waals surface area contributed by atoms with Gasteiger partial charge in [-0.25, -0.2) is 4.39 Å². The first kappa shape index (κ1) is 11.8. The highest BCUT2D eigenvalue weighted by molar-refractivity contribution is 9.10. The summed E-state index contributed by atoms with van der Waals surface area (Å²) in [7, 11) is 0. The van der Waals surface area contributed by atoms with Crippen LogP contribution in [-0.4, -0.2) is 16.0 Å². The van der Waals surface area contributed by atoms with E-state index in [1.165, 1.54) is 18.3 Å². The van der Waals surface area contributed by atoms with E-state index < -0.39 is 0 Å². The van der Waals surface area contributed by atoms with Gasteiger partial charge in [0.1, 0.15) is 11.6 Å². The lowest BCUT2D eigenvalue weighted by molar-refractivity contribution is 0.0993. The first-order valence-corrected chi connectivity index (χ1v) is 5.63. The van der Waals surface area contributed by atoms with Crippen molar-refractivity contribution < 1.29 is 9.18 Å². The number of benzene rings is 1. The van der Waals surface area contributed by atoms with Gasteiger partial charge in [-0.2, -0.15) is 5.10 Å². The Hall–Kier alpha value is -1.69. The average molecular weight is 298 g/mol. The third-order valence-electron chi connectivity index (χ3n) is 2.34. The molecule has 3 N–H and O–H groups in total. The Balaban J connectivity index is 2.22. The van der Waals surface area contributed by atoms with E-state index in [0.29, 0.717) is 15.6 Å². The number of carbonyl (C=O) groups excluding carboxylic acids is 1. The van der Waals surface area contributed by atoms with E-state index in [2.05, 4.69) is 26.1 Å². The quantitative estimate of drug-likeness (QED) is 0.854. The first-order valence-electron chi connectivity index (χ1n) is 4.84. The molecule has 2 rings (SSSR count). The number of aromatic nitrogens is 2. The zero-order valence-corrected chi connectivity index (χ0v) is 10.3. The van der Waals surface area contributed by atoms with Crippen LogP contribution in [0, 0.1) is 5.82 Å². The van der Waals surface area contributed by atoms with E-state index in [1.807, 2.05) is 0 Å². The van der Waals surface area contributed by atoms with Crippen LogP contribution in [-0.2, 0) is 6.42 Å². The minimum atomic E-state index is -0.351. The van der Waals surface area contributed by atoms with Crippen molar-refractivity contribution >= 4 is 27.5 Å². The first-order chi connectivity index (χ1) is 8.08. The SMILES string of the molecule is Nc1[nH]ncc1C(=O)Cc1ccc(F)cc1Br. The van der Waals surface area contributed by atoms with Gasteiger partial charge in [-0.3, -0.25) is 9.89 Å². The number of Topliss-reactive ketones (excluding diaryl/α,β-unsaturated/α-hetero) is 1. The lowest BCUT2D eigenvalue weighted by Gasteiger charge is -2.03. The predicted molar refractivity (Wildman–Crippen MR) is 65.1 cm³/mol. The minimum Gasteiger partial charge on any atom is -0.383 e. The van der Waals surface area contributed by atoms with Crippen molar-refractivity contribution in [3.63, 3.8) is 0 Å². The summed E-state index contributed by atoms with van der Waals surface area (Å²) in [5.74, 6) is -0.271. The van der Waals surface area contributed by atoms with Crippen molar-refractivity contribution in [2.24, 2.45) is 0 Å². The Labute approximate surface area is 105 Å². The van der Waals surface area contributed by atoms with Crippen LogP contribution >= 0.6 is 15.9 Å². The second-order valence-electron chi connectivity index (χ2n) is 3.53. The smallest absolute Gasteiger partial charge is 0.172 e. The molecule has 0 bridgehead atoms. The number of halogens is 2. The van der Waals surface area contributed by atoms with Gasteiger partial charge in [0.2, 0.25) is 0 Å². The lowest BCUT2D eigenvalue weighted by Crippen LogP contribution is -2.06. The number of H-pyrrole nitrogens is 1. The van der Waals surface area contributed by atoms with E-state index in [0.717, 1.165) is 0 Å². The highest BCUT2D eigenvalue weighted by Crippen LogP contribution is 2.20. The molecule has 0 saturated carbocycles. The number of nitrogen functional groups attached to an aromatic ring is 1. The standard InChI is InChI=1S/C11H9BrFN3O/c12-9-4-7(13)2-1-6(9)3-10(17)8-5-15-16-11(8)14/h1-2,4-5H,3H2,(H3,14,15,16). The van der Waals surface area contributed by atoms with Gasteiger partial charge in [0, 0.05) is 10.9 Å². The maximum absolute atomic E-state index is 12.9. The monoisotopic (exact) mass is 297 g/mol. The molecule has 6 heteroatoms. The van der Waals surface area contributed by atoms with Crippen LogP contribution in [0.1, 0.15) is 15.9 Å². The molecule has 0 atom stereocenters. The maximum atomic E-state index is 12.9. The molecule has 1 heterocycles. The summed E-state index contributed by atoms with van der Waals surface area (Å²) in [5.41, 5.74) is 6.60. The summed E-state index contributed by atoms with van der Waals surface area (Å²) in [4.78, 5) is 11.9. The molecule has 0 amide bonds. The molecular weight excluding hydrogens is 289 g/mol. The van der Waals surface area contributed by atoms with E-state index in [9.17, 15) is 9.18 Å². The molecule has 0 spiro atoms. The molecule has 0 radical (unpaired) electrons. The third-order valence-corrected chi connectivity index (χ3v) is 3.07. The number of nitrogens with two attached hydrogens (primary N) is 1. The van der Waals surface area contributed by atoms with Gasteiger partial charge in [-0.1, -0.05) is 22.0 Å². The molecule has 0 aliphatic carbocycles. The van der Waals surface area contributed by atoms with Gasteiger partial charge >= 0.3 is 0 Å². The number of ketones is 1. The van der Waals surface area contributed by atoms with Crippen LogP contribution in [0.15, 0.2) is 28.9 Å². The van der Waals surface area contributed by atoms with Crippen molar-refractivity contribution in [1.29, 1.82) is 0 Å². The summed E-state index contributed by atoms with van der Waals surface area (Å²) < 4.78 is 13.4. The number of hydrogen-bond donors (Lipinski definition) is 2. The molecule has 0 fully saturated rings. The summed E-state index contributed by atoms with van der Waals surface area (Å²) in [6, 6.07) is 4.20. The van der Waals surface area contributed by atoms with Crippen LogP contribution in [0.2, 0.25) is 0 Å². The summed E-state index contributed by atoms with van der Waals surface area (Å²) >= 11 is 3.21. The largest absolute Gasteiger partial charge is 0.383 e. The maximum Gasteiger partial charge on any atom is 0.172 e. The molecule has 0 unspecified atom stereocenters. The molecule has 17 heavy (non-hydrogen) atoms. The van der Waals surface area contributed by atoms with Crippen molar-refractivity contribution in [1.82, 2.24) is 10.2 Å². The van der Waals surface area contributed by atoms with Crippen molar-refractivity contribution in [3.05, 3.63) is 45.8 Å². The van der Waals surface area contributed by atoms with Crippen LogP contribution in [0.5, 0.6) is 0 Å². The fourth-order valence-corrected chi connectivity index (χ4v) is 1.94. The van der Waals surface area contributed by atoms with Crippen LogP contribution in [0.4, 0.5) is 10.2 Å². The number of rotatable bonds is 3. The minimum absolute atomic E-state index is 0.143. The molecule has 1 aromatic carbocycles. The zero-order valence-electron chi connectivity index (χ0n) is 8.71. The van der Waals surface area contributed by atoms with Crippen molar-refractivity contribution in [2.45, 2.75) is 6.42 Å². The van der Waals surface area contributed by atoms with E-state index in [-0.39, 0.29) is 23.8 Å². The van der Waals surface area contributed by atoms with Gasteiger partial charge < -0.3 is 5.73 Å². The number of nitrogens with one attached hydrogen (secondary N) is 1. The predicted octanol–water partition coefficient (Wildman–Crippen LogP) is 2.32. The Morgan fingerprint density at radius 2 is 2.29 bits per heavy atom. The number of nitrogens with zero attached hydrogens (tertiary/aromatic N) is 1. The molecule has 0 saturated heterocycles. The highest BCUT2D eigenvalue weighted by atomic mass is 79.9. The van der Waals surface area contributed by atoms with Gasteiger partial charge in [0.25, 0.3) is 0 Å². The van der Waals surface area contributed by atoms with E-state index in [4.69, 9.17) is 5.73 Å². The molecular formula is C11H9BrFN3O. The number of carbonyl (C=O) groups is 1. The molecule has 4 nitrogen and oxygen atoms in total. The van der Waals surface area contributed by atoms with Crippen molar-refractivity contribution in [2.75, 3.05) is 5.73 Å². The second-order valence-corrected chi connectivity index (χ2v) is 4.39. The fraction of sp³-hybridized carbons (Fsp3) is 0.0909. The van der Waals surface area contributed by atoms with Crippen molar-refractivity contribution in [3.8, 4) is 0 Å². The molecule has 88 valence electrons. The van der Waals surface area contributed by atoms with E-state index >= 15 is 0 Å². The van der Waals surface area contributed by atoms with Gasteiger partial charge in [-0.05, 0) is 17.7 Å². The third kappa shape index (κ3) is 2.52. The summed E-state index contributed by atoms with van der Waals surface area (Å²) in [5, 5.41) is 6.17. The molecule has 0 aliphatic heterocycles. The molecule has 2 aromatic rings. The van der Waals surface area contributed by atoms with Gasteiger partial charge in [-0.15, -0.1) is 0 Å². The normalized spacial score (nSPS) is 10.5. The van der Waals surface area contributed by atoms with Crippen LogP contribution < -0.4 is 5.73 Å². The van der Waals surface area contributed by atoms with Crippen LogP contribution in [0.3, 0.4) is 0 Å². The Kier molecular flexibility index (Phi) is 3.23. The number of aromatic amines is 1. The molecule has 1 aromatic heterocycles. The zero-order chi connectivity index (χ0) is 12.4. The number of hydrogen-bond acceptors (Lipinski definition) is 3. The second kappa shape index (κ2) is 4.67. The average Bonchev–Trinajstić information content (AvgIpc) is 2.68. The topological polar surface area (TPSA) is 71.8 Å². The van der Waals surface area contributed by atoms with E-state index in [1.54, 1.807) is 6.07 Å². The lowest BCUT2D eigenvalue weighted by atomic mass is 10.1. The van der Waals surface area contributed by atoms with Gasteiger partial charge in [0.15, 0.2) is 5.78 Å². The number of anilines is 1. The Bertz CT molecular complexity index is 568. The summed E-state index contributed by atoms with van der Waals surface area (Å²) in [6.45, 7) is 0. The highest BCUT2D eigenvalue weighted by Gasteiger charge is 2.14. The van der Waals surface area contributed by atoms with Gasteiger partial charge in [0.05, 0.1) is 11.8 Å². The summed E-state index contributed by atoms with van der Waals surface area (Å²) in [6.07, 6.45) is 1.53. The Morgan fingerprint density at radius 3 is 2.88 bits per heavy atom.